The van der Waals surface area contributed by atoms with Gasteiger partial charge in [-0.1, -0.05) is 30.0 Å². The van der Waals surface area contributed by atoms with Crippen molar-refractivity contribution in [3.05, 3.63) is 46.7 Å². The van der Waals surface area contributed by atoms with Crippen LogP contribution in [0.15, 0.2) is 46.9 Å². The van der Waals surface area contributed by atoms with Crippen molar-refractivity contribution < 1.29 is 9.53 Å². The van der Waals surface area contributed by atoms with E-state index in [1.54, 1.807) is 7.11 Å². The van der Waals surface area contributed by atoms with Gasteiger partial charge < -0.3 is 9.30 Å². The van der Waals surface area contributed by atoms with Crippen LogP contribution in [0.1, 0.15) is 16.6 Å². The summed E-state index contributed by atoms with van der Waals surface area (Å²) in [6.45, 7) is 2.75. The van der Waals surface area contributed by atoms with Crippen molar-refractivity contribution in [1.29, 1.82) is 0 Å². The van der Waals surface area contributed by atoms with Crippen LogP contribution in [0.25, 0.3) is 11.4 Å². The summed E-state index contributed by atoms with van der Waals surface area (Å²) >= 11 is 2.87. The van der Waals surface area contributed by atoms with E-state index in [0.29, 0.717) is 5.75 Å². The number of ketones is 1. The molecule has 5 nitrogen and oxygen atoms in total. The molecule has 2 aromatic heterocycles. The van der Waals surface area contributed by atoms with Gasteiger partial charge in [0.2, 0.25) is 0 Å². The van der Waals surface area contributed by atoms with Crippen molar-refractivity contribution in [3.63, 3.8) is 0 Å². The second-order valence-electron chi connectivity index (χ2n) is 4.94. The fraction of sp³-hybridized carbons (Fsp3) is 0.235. The molecule has 7 heteroatoms. The van der Waals surface area contributed by atoms with Crippen LogP contribution < -0.4 is 4.74 Å². The van der Waals surface area contributed by atoms with Gasteiger partial charge in [-0.25, -0.2) is 0 Å². The van der Waals surface area contributed by atoms with Gasteiger partial charge in [0.1, 0.15) is 5.75 Å². The topological polar surface area (TPSA) is 57.0 Å². The molecule has 3 aromatic rings. The average molecular weight is 359 g/mol. The SMILES string of the molecule is CCn1c(SCC(=O)c2cccs2)nnc1-c1ccccc1OC. The van der Waals surface area contributed by atoms with Crippen LogP contribution in [0.4, 0.5) is 0 Å². The summed E-state index contributed by atoms with van der Waals surface area (Å²) in [5.41, 5.74) is 0.894. The second kappa shape index (κ2) is 7.63. The van der Waals surface area contributed by atoms with Crippen LogP contribution in [0.3, 0.4) is 0 Å². The number of rotatable bonds is 7. The minimum Gasteiger partial charge on any atom is -0.496 e. The molecule has 0 spiro atoms. The largest absolute Gasteiger partial charge is 0.496 e. The molecule has 0 atom stereocenters. The molecule has 2 heterocycles. The maximum absolute atomic E-state index is 12.2. The van der Waals surface area contributed by atoms with E-state index in [1.807, 2.05) is 53.3 Å². The Kier molecular flexibility index (Phi) is 5.32. The van der Waals surface area contributed by atoms with E-state index in [9.17, 15) is 4.79 Å². The van der Waals surface area contributed by atoms with E-state index in [1.165, 1.54) is 23.1 Å². The number of nitrogens with zero attached hydrogens (tertiary/aromatic N) is 3. The summed E-state index contributed by atoms with van der Waals surface area (Å²) in [7, 11) is 1.64. The number of benzene rings is 1. The number of thiophene rings is 1. The van der Waals surface area contributed by atoms with E-state index in [-0.39, 0.29) is 5.78 Å². The van der Waals surface area contributed by atoms with Crippen molar-refractivity contribution in [2.75, 3.05) is 12.9 Å². The zero-order valence-corrected chi connectivity index (χ0v) is 15.1. The number of methoxy groups -OCH3 is 1. The number of carbonyl (C=O) groups excluding carboxylic acids is 1. The molecular weight excluding hydrogens is 342 g/mol. The summed E-state index contributed by atoms with van der Waals surface area (Å²) in [6, 6.07) is 11.5. The van der Waals surface area contributed by atoms with Crippen LogP contribution in [0, 0.1) is 0 Å². The quantitative estimate of drug-likeness (QED) is 0.471. The van der Waals surface area contributed by atoms with Gasteiger partial charge in [-0.15, -0.1) is 21.5 Å². The first-order valence-electron chi connectivity index (χ1n) is 7.50. The number of hydrogen-bond acceptors (Lipinski definition) is 6. The minimum atomic E-state index is 0.111. The molecule has 0 fully saturated rings. The molecule has 0 aliphatic heterocycles. The Bertz CT molecular complexity index is 828. The first-order chi connectivity index (χ1) is 11.7. The highest BCUT2D eigenvalue weighted by molar-refractivity contribution is 7.99. The van der Waals surface area contributed by atoms with Crippen molar-refractivity contribution in [1.82, 2.24) is 14.8 Å². The first-order valence-corrected chi connectivity index (χ1v) is 9.37. The van der Waals surface area contributed by atoms with Crippen molar-refractivity contribution in [3.8, 4) is 17.1 Å². The number of Topliss-reactive ketones (excluding diaryl/α,β-unsaturated/α-hetero) is 1. The fourth-order valence-electron chi connectivity index (χ4n) is 2.35. The number of carbonyl (C=O) groups is 1. The second-order valence-corrected chi connectivity index (χ2v) is 6.83. The highest BCUT2D eigenvalue weighted by Crippen LogP contribution is 2.31. The van der Waals surface area contributed by atoms with Gasteiger partial charge in [0.05, 0.1) is 23.3 Å². The third-order valence-corrected chi connectivity index (χ3v) is 5.39. The Labute approximate surface area is 148 Å². The van der Waals surface area contributed by atoms with Crippen LogP contribution in [0.2, 0.25) is 0 Å². The van der Waals surface area contributed by atoms with Gasteiger partial charge in [0.15, 0.2) is 16.8 Å². The summed E-state index contributed by atoms with van der Waals surface area (Å²) in [6.07, 6.45) is 0. The lowest BCUT2D eigenvalue weighted by Crippen LogP contribution is -2.04. The number of ether oxygens (including phenoxy) is 1. The Morgan fingerprint density at radius 3 is 2.79 bits per heavy atom. The van der Waals surface area contributed by atoms with Gasteiger partial charge in [-0.05, 0) is 30.5 Å². The smallest absolute Gasteiger partial charge is 0.191 e. The molecule has 0 amide bonds. The molecule has 1 aromatic carbocycles. The molecule has 0 bridgehead atoms. The van der Waals surface area contributed by atoms with Crippen LogP contribution in [-0.4, -0.2) is 33.4 Å². The lowest BCUT2D eigenvalue weighted by atomic mass is 10.2. The monoisotopic (exact) mass is 359 g/mol. The molecule has 0 aliphatic carbocycles. The predicted molar refractivity (Wildman–Crippen MR) is 97.1 cm³/mol. The summed E-state index contributed by atoms with van der Waals surface area (Å²) in [4.78, 5) is 12.9. The molecule has 0 radical (unpaired) electrons. The molecule has 0 saturated heterocycles. The molecular formula is C17H17N3O2S2. The third kappa shape index (κ3) is 3.37. The summed E-state index contributed by atoms with van der Waals surface area (Å²) < 4.78 is 7.42. The Morgan fingerprint density at radius 1 is 1.25 bits per heavy atom. The van der Waals surface area contributed by atoms with Gasteiger partial charge in [0, 0.05) is 6.54 Å². The maximum Gasteiger partial charge on any atom is 0.191 e. The molecule has 24 heavy (non-hydrogen) atoms. The zero-order chi connectivity index (χ0) is 16.9. The zero-order valence-electron chi connectivity index (χ0n) is 13.4. The predicted octanol–water partition coefficient (Wildman–Crippen LogP) is 4.01. The average Bonchev–Trinajstić information content (AvgIpc) is 3.29. The Balaban J connectivity index is 1.83. The number of aromatic nitrogens is 3. The maximum atomic E-state index is 12.2. The molecule has 3 rings (SSSR count). The van der Waals surface area contributed by atoms with E-state index in [0.717, 1.165) is 33.7 Å². The highest BCUT2D eigenvalue weighted by atomic mass is 32.2. The molecule has 124 valence electrons. The number of para-hydroxylation sites is 1. The van der Waals surface area contributed by atoms with Crippen LogP contribution in [-0.2, 0) is 6.54 Å². The van der Waals surface area contributed by atoms with Gasteiger partial charge in [-0.2, -0.15) is 0 Å². The molecule has 0 N–H and O–H groups in total. The lowest BCUT2D eigenvalue weighted by Gasteiger charge is -2.10. The Morgan fingerprint density at radius 2 is 2.08 bits per heavy atom. The highest BCUT2D eigenvalue weighted by Gasteiger charge is 2.17. The minimum absolute atomic E-state index is 0.111. The number of hydrogen-bond donors (Lipinski definition) is 0. The third-order valence-electron chi connectivity index (χ3n) is 3.51. The lowest BCUT2D eigenvalue weighted by molar-refractivity contribution is 0.102. The Hall–Kier alpha value is -2.12. The summed E-state index contributed by atoms with van der Waals surface area (Å²) in [5, 5.41) is 11.2. The fourth-order valence-corrected chi connectivity index (χ4v) is 3.99. The van der Waals surface area contributed by atoms with Crippen molar-refractivity contribution in [2.45, 2.75) is 18.6 Å². The molecule has 0 aliphatic rings. The van der Waals surface area contributed by atoms with Gasteiger partial charge >= 0.3 is 0 Å². The van der Waals surface area contributed by atoms with Crippen LogP contribution in [0.5, 0.6) is 5.75 Å². The normalized spacial score (nSPS) is 10.8. The van der Waals surface area contributed by atoms with E-state index < -0.39 is 0 Å². The molecule has 0 unspecified atom stereocenters. The molecule has 0 saturated carbocycles. The van der Waals surface area contributed by atoms with Gasteiger partial charge in [-0.3, -0.25) is 4.79 Å². The first kappa shape index (κ1) is 16.7. The van der Waals surface area contributed by atoms with Crippen LogP contribution >= 0.6 is 23.1 Å². The van der Waals surface area contributed by atoms with E-state index >= 15 is 0 Å². The van der Waals surface area contributed by atoms with Crippen molar-refractivity contribution in [2.24, 2.45) is 0 Å². The van der Waals surface area contributed by atoms with E-state index in [4.69, 9.17) is 4.74 Å². The van der Waals surface area contributed by atoms with E-state index in [2.05, 4.69) is 10.2 Å². The van der Waals surface area contributed by atoms with Crippen molar-refractivity contribution >= 4 is 28.9 Å². The van der Waals surface area contributed by atoms with Gasteiger partial charge in [0.25, 0.3) is 0 Å². The summed E-state index contributed by atoms with van der Waals surface area (Å²) in [5.74, 6) is 1.97. The standard InChI is InChI=1S/C17H17N3O2S2/c1-3-20-16(12-7-4-5-8-14(12)22-2)18-19-17(20)24-11-13(21)15-9-6-10-23-15/h4-10H,3,11H2,1-2H3. The number of thioether (sulfide) groups is 1.